The van der Waals surface area contributed by atoms with Crippen molar-refractivity contribution >= 4 is 0 Å². The van der Waals surface area contributed by atoms with Crippen LogP contribution in [0, 0.1) is 0 Å². The van der Waals surface area contributed by atoms with Crippen LogP contribution in [-0.2, 0) is 4.74 Å². The van der Waals surface area contributed by atoms with Gasteiger partial charge in [0.2, 0.25) is 0 Å². The van der Waals surface area contributed by atoms with Gasteiger partial charge in [-0.3, -0.25) is 4.79 Å². The van der Waals surface area contributed by atoms with E-state index in [1.54, 1.807) is 18.3 Å². The van der Waals surface area contributed by atoms with Crippen molar-refractivity contribution in [2.24, 2.45) is 0 Å². The Morgan fingerprint density at radius 1 is 1.64 bits per heavy atom. The first-order valence-corrected chi connectivity index (χ1v) is 3.14. The standard InChI is InChI=1S/C7H9NO3/c1-10-5-11-6-3-2-4-8-7(6)9/h2-4H,5H2,1H3,(H,8,9). The van der Waals surface area contributed by atoms with Crippen LogP contribution < -0.4 is 10.3 Å². The van der Waals surface area contributed by atoms with E-state index < -0.39 is 0 Å². The summed E-state index contributed by atoms with van der Waals surface area (Å²) < 4.78 is 9.55. The maximum absolute atomic E-state index is 10.9. The van der Waals surface area contributed by atoms with E-state index in [0.717, 1.165) is 0 Å². The van der Waals surface area contributed by atoms with E-state index in [-0.39, 0.29) is 18.1 Å². The highest BCUT2D eigenvalue weighted by Gasteiger charge is 1.95. The molecule has 0 saturated carbocycles. The molecule has 0 unspecified atom stereocenters. The van der Waals surface area contributed by atoms with Gasteiger partial charge in [-0.25, -0.2) is 0 Å². The lowest BCUT2D eigenvalue weighted by Crippen LogP contribution is -2.11. The first-order chi connectivity index (χ1) is 5.34. The summed E-state index contributed by atoms with van der Waals surface area (Å²) in [5.41, 5.74) is -0.246. The maximum atomic E-state index is 10.9. The second-order valence-corrected chi connectivity index (χ2v) is 1.91. The van der Waals surface area contributed by atoms with Crippen molar-refractivity contribution in [1.82, 2.24) is 4.98 Å². The predicted octanol–water partition coefficient (Wildman–Crippen LogP) is 0.358. The van der Waals surface area contributed by atoms with E-state index in [1.807, 2.05) is 0 Å². The molecular formula is C7H9NO3. The number of nitrogens with one attached hydrogen (secondary N) is 1. The third-order valence-corrected chi connectivity index (χ3v) is 1.11. The van der Waals surface area contributed by atoms with Gasteiger partial charge in [0.1, 0.15) is 0 Å². The van der Waals surface area contributed by atoms with Crippen molar-refractivity contribution in [3.05, 3.63) is 28.7 Å². The lowest BCUT2D eigenvalue weighted by Gasteiger charge is -2.01. The molecule has 0 amide bonds. The van der Waals surface area contributed by atoms with Crippen LogP contribution >= 0.6 is 0 Å². The van der Waals surface area contributed by atoms with Gasteiger partial charge in [-0.1, -0.05) is 0 Å². The van der Waals surface area contributed by atoms with Gasteiger partial charge in [0.25, 0.3) is 5.56 Å². The number of aromatic amines is 1. The predicted molar refractivity (Wildman–Crippen MR) is 39.6 cm³/mol. The van der Waals surface area contributed by atoms with Crippen molar-refractivity contribution in [1.29, 1.82) is 0 Å². The number of methoxy groups -OCH3 is 1. The van der Waals surface area contributed by atoms with Gasteiger partial charge < -0.3 is 14.5 Å². The molecule has 4 heteroatoms. The van der Waals surface area contributed by atoms with E-state index in [0.29, 0.717) is 0 Å². The van der Waals surface area contributed by atoms with Gasteiger partial charge in [0, 0.05) is 13.3 Å². The Balaban J connectivity index is 2.70. The first-order valence-electron chi connectivity index (χ1n) is 3.14. The van der Waals surface area contributed by atoms with E-state index in [4.69, 9.17) is 4.74 Å². The van der Waals surface area contributed by atoms with E-state index in [2.05, 4.69) is 9.72 Å². The molecule has 0 saturated heterocycles. The summed E-state index contributed by atoms with van der Waals surface area (Å²) in [6.45, 7) is 0.0904. The number of rotatable bonds is 3. The molecule has 4 nitrogen and oxygen atoms in total. The monoisotopic (exact) mass is 155 g/mol. The van der Waals surface area contributed by atoms with Gasteiger partial charge >= 0.3 is 0 Å². The SMILES string of the molecule is COCOc1ccc[nH]c1=O. The fourth-order valence-corrected chi connectivity index (χ4v) is 0.642. The Labute approximate surface area is 63.8 Å². The molecule has 1 rings (SSSR count). The number of pyridine rings is 1. The van der Waals surface area contributed by atoms with Crippen molar-refractivity contribution in [3.8, 4) is 5.75 Å². The zero-order chi connectivity index (χ0) is 8.10. The van der Waals surface area contributed by atoms with Crippen LogP contribution in [0.2, 0.25) is 0 Å². The lowest BCUT2D eigenvalue weighted by atomic mass is 10.5. The normalized spacial score (nSPS) is 9.55. The smallest absolute Gasteiger partial charge is 0.290 e. The van der Waals surface area contributed by atoms with Gasteiger partial charge in [0.05, 0.1) is 0 Å². The number of ether oxygens (including phenoxy) is 2. The summed E-state index contributed by atoms with van der Waals surface area (Å²) in [5.74, 6) is 0.273. The minimum Gasteiger partial charge on any atom is -0.462 e. The number of aromatic nitrogens is 1. The Hall–Kier alpha value is -1.29. The average Bonchev–Trinajstić information content (AvgIpc) is 2.03. The van der Waals surface area contributed by atoms with Gasteiger partial charge in [-0.2, -0.15) is 0 Å². The summed E-state index contributed by atoms with van der Waals surface area (Å²) in [6, 6.07) is 3.27. The van der Waals surface area contributed by atoms with Crippen LogP contribution in [0.3, 0.4) is 0 Å². The molecule has 11 heavy (non-hydrogen) atoms. The van der Waals surface area contributed by atoms with E-state index in [1.165, 1.54) is 7.11 Å². The van der Waals surface area contributed by atoms with Crippen molar-refractivity contribution in [2.75, 3.05) is 13.9 Å². The summed E-state index contributed by atoms with van der Waals surface area (Å²) >= 11 is 0. The van der Waals surface area contributed by atoms with Crippen LogP contribution in [0.5, 0.6) is 5.75 Å². The summed E-state index contributed by atoms with van der Waals surface area (Å²) in [5, 5.41) is 0. The Bertz CT molecular complexity index is 268. The molecule has 0 spiro atoms. The molecule has 0 aliphatic carbocycles. The molecule has 1 aromatic rings. The lowest BCUT2D eigenvalue weighted by molar-refractivity contribution is 0.0500. The fourth-order valence-electron chi connectivity index (χ4n) is 0.642. The Morgan fingerprint density at radius 3 is 3.09 bits per heavy atom. The fraction of sp³-hybridized carbons (Fsp3) is 0.286. The molecule has 0 fully saturated rings. The minimum atomic E-state index is -0.246. The highest BCUT2D eigenvalue weighted by atomic mass is 16.7. The molecule has 0 bridgehead atoms. The Morgan fingerprint density at radius 2 is 2.45 bits per heavy atom. The third-order valence-electron chi connectivity index (χ3n) is 1.11. The van der Waals surface area contributed by atoms with Crippen molar-refractivity contribution in [3.63, 3.8) is 0 Å². The molecular weight excluding hydrogens is 146 g/mol. The zero-order valence-electron chi connectivity index (χ0n) is 6.16. The van der Waals surface area contributed by atoms with E-state index in [9.17, 15) is 4.79 Å². The molecule has 0 aromatic carbocycles. The molecule has 60 valence electrons. The van der Waals surface area contributed by atoms with E-state index >= 15 is 0 Å². The Kier molecular flexibility index (Phi) is 2.68. The topological polar surface area (TPSA) is 51.3 Å². The molecule has 1 heterocycles. The van der Waals surface area contributed by atoms with Crippen molar-refractivity contribution in [2.45, 2.75) is 0 Å². The molecule has 0 radical (unpaired) electrons. The molecule has 0 aliphatic rings. The first kappa shape index (κ1) is 7.81. The van der Waals surface area contributed by atoms with Crippen molar-refractivity contribution < 1.29 is 9.47 Å². The number of H-pyrrole nitrogens is 1. The quantitative estimate of drug-likeness (QED) is 0.641. The average molecular weight is 155 g/mol. The summed E-state index contributed by atoms with van der Waals surface area (Å²) in [7, 11) is 1.50. The van der Waals surface area contributed by atoms with Gasteiger partial charge in [0.15, 0.2) is 12.5 Å². The van der Waals surface area contributed by atoms with Crippen LogP contribution in [0.1, 0.15) is 0 Å². The number of hydrogen-bond donors (Lipinski definition) is 1. The highest BCUT2D eigenvalue weighted by molar-refractivity contribution is 5.15. The second-order valence-electron chi connectivity index (χ2n) is 1.91. The largest absolute Gasteiger partial charge is 0.462 e. The maximum Gasteiger partial charge on any atom is 0.290 e. The zero-order valence-corrected chi connectivity index (χ0v) is 6.16. The molecule has 1 N–H and O–H groups in total. The number of hydrogen-bond acceptors (Lipinski definition) is 3. The molecule has 1 aromatic heterocycles. The van der Waals surface area contributed by atoms with Gasteiger partial charge in [-0.05, 0) is 12.1 Å². The third kappa shape index (κ3) is 2.09. The van der Waals surface area contributed by atoms with Crippen LogP contribution in [0.15, 0.2) is 23.1 Å². The second kappa shape index (κ2) is 3.78. The molecule has 0 atom stereocenters. The summed E-state index contributed by atoms with van der Waals surface area (Å²) in [6.07, 6.45) is 1.54. The minimum absolute atomic E-state index is 0.0904. The summed E-state index contributed by atoms with van der Waals surface area (Å²) in [4.78, 5) is 13.4. The highest BCUT2D eigenvalue weighted by Crippen LogP contribution is 1.98. The molecule has 0 aliphatic heterocycles. The van der Waals surface area contributed by atoms with Crippen LogP contribution in [0.4, 0.5) is 0 Å². The van der Waals surface area contributed by atoms with Crippen LogP contribution in [-0.4, -0.2) is 18.9 Å². The van der Waals surface area contributed by atoms with Gasteiger partial charge in [-0.15, -0.1) is 0 Å². The van der Waals surface area contributed by atoms with Crippen LogP contribution in [0.25, 0.3) is 0 Å².